The third-order valence-corrected chi connectivity index (χ3v) is 3.25. The lowest BCUT2D eigenvalue weighted by atomic mass is 10.0. The highest BCUT2D eigenvalue weighted by Crippen LogP contribution is 2.19. The number of rotatable bonds is 3. The molecule has 1 rings (SSSR count). The highest BCUT2D eigenvalue weighted by Gasteiger charge is 2.31. The molecule has 1 saturated heterocycles. The number of likely N-dealkylation sites (tertiary alicyclic amines) is 1. The molecule has 1 N–H and O–H groups in total. The summed E-state index contributed by atoms with van der Waals surface area (Å²) in [5, 5.41) is 9.16. The summed E-state index contributed by atoms with van der Waals surface area (Å²) in [5.41, 5.74) is -0.570. The Morgan fingerprint density at radius 2 is 2.05 bits per heavy atom. The van der Waals surface area contributed by atoms with E-state index in [2.05, 4.69) is 0 Å². The molecule has 0 aliphatic carbocycles. The number of hydrogen-bond acceptors (Lipinski definition) is 4. The first-order chi connectivity index (χ1) is 9.24. The largest absolute Gasteiger partial charge is 0.444 e. The van der Waals surface area contributed by atoms with Crippen LogP contribution in [0.2, 0.25) is 0 Å². The molecule has 6 heteroatoms. The van der Waals surface area contributed by atoms with Crippen molar-refractivity contribution in [1.29, 1.82) is 0 Å². The monoisotopic (exact) mass is 286 g/mol. The van der Waals surface area contributed by atoms with E-state index in [0.29, 0.717) is 6.54 Å². The molecular formula is C14H26N2O4. The Morgan fingerprint density at radius 3 is 2.55 bits per heavy atom. The first-order valence-electron chi connectivity index (χ1n) is 7.10. The van der Waals surface area contributed by atoms with Gasteiger partial charge in [0, 0.05) is 26.6 Å². The Kier molecular flexibility index (Phi) is 5.80. The van der Waals surface area contributed by atoms with Gasteiger partial charge in [0.2, 0.25) is 5.91 Å². The maximum absolute atomic E-state index is 12.2. The Morgan fingerprint density at radius 1 is 1.40 bits per heavy atom. The molecule has 1 unspecified atom stereocenters. The zero-order valence-electron chi connectivity index (χ0n) is 12.9. The number of piperidine rings is 1. The molecular weight excluding hydrogens is 260 g/mol. The lowest BCUT2D eigenvalue weighted by molar-refractivity contribution is -0.131. The molecule has 116 valence electrons. The molecule has 0 aromatic carbocycles. The van der Waals surface area contributed by atoms with Gasteiger partial charge in [0.1, 0.15) is 5.60 Å². The third kappa shape index (κ3) is 5.00. The average Bonchev–Trinajstić information content (AvgIpc) is 2.33. The van der Waals surface area contributed by atoms with Crippen LogP contribution in [0.15, 0.2) is 0 Å². The molecule has 1 fully saturated rings. The van der Waals surface area contributed by atoms with Gasteiger partial charge in [-0.15, -0.1) is 0 Å². The number of ether oxygens (including phenoxy) is 1. The van der Waals surface area contributed by atoms with Crippen LogP contribution < -0.4 is 0 Å². The molecule has 1 heterocycles. The van der Waals surface area contributed by atoms with Crippen LogP contribution in [-0.2, 0) is 9.53 Å². The van der Waals surface area contributed by atoms with Crippen molar-refractivity contribution < 1.29 is 19.4 Å². The van der Waals surface area contributed by atoms with Crippen molar-refractivity contribution in [2.75, 3.05) is 26.2 Å². The topological polar surface area (TPSA) is 70.1 Å². The van der Waals surface area contributed by atoms with Crippen LogP contribution in [0.5, 0.6) is 0 Å². The van der Waals surface area contributed by atoms with Crippen LogP contribution in [-0.4, -0.2) is 64.8 Å². The summed E-state index contributed by atoms with van der Waals surface area (Å²) in [6.45, 7) is 8.31. The van der Waals surface area contributed by atoms with Crippen molar-refractivity contribution in [1.82, 2.24) is 9.80 Å². The number of carbonyl (C=O) groups is 2. The van der Waals surface area contributed by atoms with Crippen LogP contribution >= 0.6 is 0 Å². The molecule has 1 atom stereocenters. The second kappa shape index (κ2) is 6.92. The summed E-state index contributed by atoms with van der Waals surface area (Å²) in [6, 6.07) is -0.0883. The number of nitrogens with zero attached hydrogens (tertiary/aromatic N) is 2. The minimum atomic E-state index is -0.570. The zero-order valence-corrected chi connectivity index (χ0v) is 12.9. The highest BCUT2D eigenvalue weighted by molar-refractivity contribution is 5.73. The molecule has 20 heavy (non-hydrogen) atoms. The summed E-state index contributed by atoms with van der Waals surface area (Å²) >= 11 is 0. The Balaban J connectivity index is 2.74. The molecule has 0 radical (unpaired) electrons. The molecule has 0 aromatic rings. The lowest BCUT2D eigenvalue weighted by Gasteiger charge is -2.39. The van der Waals surface area contributed by atoms with Gasteiger partial charge in [0.25, 0.3) is 0 Å². The number of carbonyl (C=O) groups excluding carboxylic acids is 2. The van der Waals surface area contributed by atoms with Gasteiger partial charge in [-0.25, -0.2) is 4.79 Å². The lowest BCUT2D eigenvalue weighted by Crippen LogP contribution is -2.53. The van der Waals surface area contributed by atoms with E-state index in [1.54, 1.807) is 9.80 Å². The van der Waals surface area contributed by atoms with Crippen molar-refractivity contribution in [2.45, 2.75) is 52.2 Å². The smallest absolute Gasteiger partial charge is 0.410 e. The van der Waals surface area contributed by atoms with Crippen molar-refractivity contribution in [3.63, 3.8) is 0 Å². The maximum Gasteiger partial charge on any atom is 0.410 e. The predicted molar refractivity (Wildman–Crippen MR) is 75.3 cm³/mol. The molecule has 0 saturated carbocycles. The fourth-order valence-electron chi connectivity index (χ4n) is 2.35. The maximum atomic E-state index is 12.2. The van der Waals surface area contributed by atoms with Gasteiger partial charge in [0.15, 0.2) is 0 Å². The van der Waals surface area contributed by atoms with Gasteiger partial charge in [-0.3, -0.25) is 4.79 Å². The van der Waals surface area contributed by atoms with Crippen molar-refractivity contribution in [3.05, 3.63) is 0 Å². The fraction of sp³-hybridized carbons (Fsp3) is 0.857. The van der Waals surface area contributed by atoms with Crippen LogP contribution in [0.4, 0.5) is 4.79 Å². The number of amides is 2. The van der Waals surface area contributed by atoms with Crippen molar-refractivity contribution in [3.8, 4) is 0 Å². The Hall–Kier alpha value is -1.30. The van der Waals surface area contributed by atoms with E-state index in [1.165, 1.54) is 6.92 Å². The quantitative estimate of drug-likeness (QED) is 0.847. The van der Waals surface area contributed by atoms with Gasteiger partial charge < -0.3 is 19.6 Å². The minimum absolute atomic E-state index is 0.0165. The van der Waals surface area contributed by atoms with E-state index in [-0.39, 0.29) is 25.1 Å². The zero-order chi connectivity index (χ0) is 15.3. The van der Waals surface area contributed by atoms with Crippen LogP contribution in [0, 0.1) is 0 Å². The second-order valence-corrected chi connectivity index (χ2v) is 6.16. The standard InChI is InChI=1S/C14H26N2O4/c1-11(18)15-7-5-6-12(10-15)16(8-9-17)13(19)20-14(2,3)4/h12,17H,5-10H2,1-4H3. The molecule has 1 aliphatic heterocycles. The van der Waals surface area contributed by atoms with Crippen molar-refractivity contribution >= 4 is 12.0 Å². The second-order valence-electron chi connectivity index (χ2n) is 6.16. The molecule has 6 nitrogen and oxygen atoms in total. The summed E-state index contributed by atoms with van der Waals surface area (Å²) in [5.74, 6) is 0.0165. The SMILES string of the molecule is CC(=O)N1CCCC(N(CCO)C(=O)OC(C)(C)C)C1. The average molecular weight is 286 g/mol. The van der Waals surface area contributed by atoms with Crippen LogP contribution in [0.1, 0.15) is 40.5 Å². The molecule has 0 bridgehead atoms. The molecule has 2 amide bonds. The summed E-state index contributed by atoms with van der Waals surface area (Å²) in [4.78, 5) is 27.0. The van der Waals surface area contributed by atoms with Crippen molar-refractivity contribution in [2.24, 2.45) is 0 Å². The van der Waals surface area contributed by atoms with Gasteiger partial charge >= 0.3 is 6.09 Å². The summed E-state index contributed by atoms with van der Waals surface area (Å²) < 4.78 is 5.37. The Bertz CT molecular complexity index is 352. The Labute approximate surface area is 120 Å². The molecule has 1 aliphatic rings. The number of aliphatic hydroxyl groups is 1. The number of aliphatic hydroxyl groups excluding tert-OH is 1. The number of hydrogen-bond donors (Lipinski definition) is 1. The van der Waals surface area contributed by atoms with Crippen LogP contribution in [0.3, 0.4) is 0 Å². The van der Waals surface area contributed by atoms with Crippen LogP contribution in [0.25, 0.3) is 0 Å². The van der Waals surface area contributed by atoms with Gasteiger partial charge in [-0.1, -0.05) is 0 Å². The van der Waals surface area contributed by atoms with Gasteiger partial charge in [-0.2, -0.15) is 0 Å². The van der Waals surface area contributed by atoms with E-state index in [4.69, 9.17) is 9.84 Å². The molecule has 0 spiro atoms. The van der Waals surface area contributed by atoms with E-state index < -0.39 is 11.7 Å². The fourth-order valence-corrected chi connectivity index (χ4v) is 2.35. The summed E-state index contributed by atoms with van der Waals surface area (Å²) in [7, 11) is 0. The van der Waals surface area contributed by atoms with E-state index >= 15 is 0 Å². The third-order valence-electron chi connectivity index (χ3n) is 3.25. The summed E-state index contributed by atoms with van der Waals surface area (Å²) in [6.07, 6.45) is 1.25. The van der Waals surface area contributed by atoms with E-state index in [1.807, 2.05) is 20.8 Å². The van der Waals surface area contributed by atoms with Gasteiger partial charge in [0.05, 0.1) is 12.6 Å². The minimum Gasteiger partial charge on any atom is -0.444 e. The normalized spacial score (nSPS) is 19.6. The highest BCUT2D eigenvalue weighted by atomic mass is 16.6. The first kappa shape index (κ1) is 16.8. The van der Waals surface area contributed by atoms with Gasteiger partial charge in [-0.05, 0) is 33.6 Å². The predicted octanol–water partition coefficient (Wildman–Crippen LogP) is 1.23. The molecule has 0 aromatic heterocycles. The van der Waals surface area contributed by atoms with E-state index in [0.717, 1.165) is 19.4 Å². The van der Waals surface area contributed by atoms with E-state index in [9.17, 15) is 9.59 Å². The first-order valence-corrected chi connectivity index (χ1v) is 7.10.